The van der Waals surface area contributed by atoms with Crippen LogP contribution in [0.4, 0.5) is 4.39 Å². The Morgan fingerprint density at radius 3 is 2.41 bits per heavy atom. The summed E-state index contributed by atoms with van der Waals surface area (Å²) < 4.78 is 39.9. The molecule has 2 aromatic carbocycles. The number of sulfonamides is 1. The Labute approximate surface area is 171 Å². The molecule has 0 spiro atoms. The van der Waals surface area contributed by atoms with Gasteiger partial charge in [-0.15, -0.1) is 0 Å². The minimum absolute atomic E-state index is 0.0109. The average Bonchev–Trinajstić information content (AvgIpc) is 3.13. The summed E-state index contributed by atoms with van der Waals surface area (Å²) in [4.78, 5) is 15.1. The van der Waals surface area contributed by atoms with Crippen molar-refractivity contribution in [3.8, 4) is 0 Å². The molecule has 5 nitrogen and oxygen atoms in total. The zero-order valence-corrected chi connectivity index (χ0v) is 17.2. The highest BCUT2D eigenvalue weighted by atomic mass is 32.2. The van der Waals surface area contributed by atoms with E-state index < -0.39 is 10.0 Å². The van der Waals surface area contributed by atoms with Crippen LogP contribution in [-0.4, -0.2) is 55.0 Å². The van der Waals surface area contributed by atoms with Gasteiger partial charge < -0.3 is 4.90 Å². The lowest BCUT2D eigenvalue weighted by Crippen LogP contribution is -2.50. The molecular weight excluding hydrogens is 391 g/mol. The second kappa shape index (κ2) is 7.88. The van der Waals surface area contributed by atoms with E-state index in [2.05, 4.69) is 0 Å². The third kappa shape index (κ3) is 3.81. The second-order valence-corrected chi connectivity index (χ2v) is 10.0. The van der Waals surface area contributed by atoms with Gasteiger partial charge >= 0.3 is 0 Å². The summed E-state index contributed by atoms with van der Waals surface area (Å²) >= 11 is 0. The number of fused-ring (bicyclic) bond motifs is 1. The molecule has 0 bridgehead atoms. The standard InChI is InChI=1S/C22H25FN2O3S/c1-2-29(27,28)24-13-12-21-20(14-24)19(16-8-10-18(23)11-9-16)15-25(21)22(26)17-6-4-3-5-7-17/h3-11,19-21H,2,12-15H2,1H3/t19-,20-,21-/m0/s1. The molecule has 0 radical (unpaired) electrons. The molecule has 2 aromatic rings. The third-order valence-corrected chi connectivity index (χ3v) is 8.08. The molecule has 154 valence electrons. The summed E-state index contributed by atoms with van der Waals surface area (Å²) in [6.45, 7) is 2.97. The van der Waals surface area contributed by atoms with Crippen LogP contribution in [0.5, 0.6) is 0 Å². The lowest BCUT2D eigenvalue weighted by Gasteiger charge is -2.38. The number of piperidine rings is 1. The summed E-state index contributed by atoms with van der Waals surface area (Å²) in [6.07, 6.45) is 0.611. The highest BCUT2D eigenvalue weighted by Crippen LogP contribution is 2.42. The van der Waals surface area contributed by atoms with E-state index in [1.54, 1.807) is 35.5 Å². The molecule has 3 atom stereocenters. The van der Waals surface area contributed by atoms with Gasteiger partial charge in [0.15, 0.2) is 0 Å². The normalized spacial score (nSPS) is 25.0. The zero-order chi connectivity index (χ0) is 20.6. The summed E-state index contributed by atoms with van der Waals surface area (Å²) in [5, 5.41) is 0. The zero-order valence-electron chi connectivity index (χ0n) is 16.4. The maximum atomic E-state index is 13.4. The fourth-order valence-electron chi connectivity index (χ4n) is 4.68. The van der Waals surface area contributed by atoms with E-state index >= 15 is 0 Å². The lowest BCUT2D eigenvalue weighted by atomic mass is 9.82. The van der Waals surface area contributed by atoms with Crippen LogP contribution in [0.3, 0.4) is 0 Å². The molecule has 29 heavy (non-hydrogen) atoms. The van der Waals surface area contributed by atoms with Gasteiger partial charge in [0.05, 0.1) is 5.75 Å². The SMILES string of the molecule is CCS(=O)(=O)N1CC[C@H]2[C@@H](C1)[C@H](c1ccc(F)cc1)CN2C(=O)c1ccccc1. The first-order valence-electron chi connectivity index (χ1n) is 10.00. The number of carbonyl (C=O) groups excluding carboxylic acids is 1. The average molecular weight is 417 g/mol. The Balaban J connectivity index is 1.67. The molecule has 1 amide bonds. The fourth-order valence-corrected chi connectivity index (χ4v) is 5.83. The maximum absolute atomic E-state index is 13.4. The molecule has 7 heteroatoms. The predicted molar refractivity (Wildman–Crippen MR) is 110 cm³/mol. The Hall–Kier alpha value is -2.25. The van der Waals surface area contributed by atoms with Crippen LogP contribution >= 0.6 is 0 Å². The van der Waals surface area contributed by atoms with Gasteiger partial charge in [-0.2, -0.15) is 0 Å². The van der Waals surface area contributed by atoms with Crippen LogP contribution in [0.25, 0.3) is 0 Å². The quantitative estimate of drug-likeness (QED) is 0.770. The highest BCUT2D eigenvalue weighted by Gasteiger charge is 2.48. The van der Waals surface area contributed by atoms with Gasteiger partial charge in [-0.1, -0.05) is 30.3 Å². The van der Waals surface area contributed by atoms with Gasteiger partial charge in [0.2, 0.25) is 10.0 Å². The van der Waals surface area contributed by atoms with Gasteiger partial charge in [0.1, 0.15) is 5.82 Å². The van der Waals surface area contributed by atoms with Crippen molar-refractivity contribution in [2.45, 2.75) is 25.3 Å². The fraction of sp³-hybridized carbons (Fsp3) is 0.409. The van der Waals surface area contributed by atoms with E-state index in [0.29, 0.717) is 31.6 Å². The largest absolute Gasteiger partial charge is 0.335 e. The number of carbonyl (C=O) groups is 1. The molecule has 0 aliphatic carbocycles. The topological polar surface area (TPSA) is 57.7 Å². The first kappa shape index (κ1) is 20.0. The first-order chi connectivity index (χ1) is 13.9. The van der Waals surface area contributed by atoms with Crippen LogP contribution < -0.4 is 0 Å². The lowest BCUT2D eigenvalue weighted by molar-refractivity contribution is 0.0674. The van der Waals surface area contributed by atoms with Crippen molar-refractivity contribution in [1.82, 2.24) is 9.21 Å². The number of hydrogen-bond donors (Lipinski definition) is 0. The summed E-state index contributed by atoms with van der Waals surface area (Å²) in [5.41, 5.74) is 1.58. The van der Waals surface area contributed by atoms with E-state index in [1.807, 2.05) is 23.1 Å². The van der Waals surface area contributed by atoms with Crippen molar-refractivity contribution in [2.75, 3.05) is 25.4 Å². The van der Waals surface area contributed by atoms with Gasteiger partial charge in [0.25, 0.3) is 5.91 Å². The number of hydrogen-bond acceptors (Lipinski definition) is 3. The molecule has 2 fully saturated rings. The Kier molecular flexibility index (Phi) is 5.44. The minimum Gasteiger partial charge on any atom is -0.335 e. The van der Waals surface area contributed by atoms with E-state index in [4.69, 9.17) is 0 Å². The van der Waals surface area contributed by atoms with Crippen molar-refractivity contribution in [3.63, 3.8) is 0 Å². The molecule has 4 rings (SSSR count). The van der Waals surface area contributed by atoms with E-state index in [0.717, 1.165) is 5.56 Å². The van der Waals surface area contributed by atoms with Gasteiger partial charge in [-0.3, -0.25) is 4.79 Å². The Morgan fingerprint density at radius 1 is 1.07 bits per heavy atom. The molecule has 2 aliphatic heterocycles. The highest BCUT2D eigenvalue weighted by molar-refractivity contribution is 7.89. The summed E-state index contributed by atoms with van der Waals surface area (Å²) in [5.74, 6) is -0.305. The van der Waals surface area contributed by atoms with Crippen LogP contribution in [0, 0.1) is 11.7 Å². The number of halogens is 1. The van der Waals surface area contributed by atoms with E-state index in [9.17, 15) is 17.6 Å². The molecule has 0 N–H and O–H groups in total. The van der Waals surface area contributed by atoms with Crippen LogP contribution in [0.2, 0.25) is 0 Å². The van der Waals surface area contributed by atoms with Gasteiger partial charge in [0, 0.05) is 43.1 Å². The number of amides is 1. The molecule has 2 aliphatic rings. The molecule has 2 saturated heterocycles. The maximum Gasteiger partial charge on any atom is 0.254 e. The molecule has 2 heterocycles. The minimum atomic E-state index is -3.29. The number of rotatable bonds is 4. The molecule has 0 unspecified atom stereocenters. The Morgan fingerprint density at radius 2 is 1.76 bits per heavy atom. The first-order valence-corrected chi connectivity index (χ1v) is 11.6. The third-order valence-electron chi connectivity index (χ3n) is 6.23. The van der Waals surface area contributed by atoms with Crippen LogP contribution in [0.1, 0.15) is 35.2 Å². The van der Waals surface area contributed by atoms with E-state index in [1.165, 1.54) is 12.1 Å². The van der Waals surface area contributed by atoms with Crippen molar-refractivity contribution in [2.24, 2.45) is 5.92 Å². The van der Waals surface area contributed by atoms with Crippen LogP contribution in [-0.2, 0) is 10.0 Å². The smallest absolute Gasteiger partial charge is 0.254 e. The van der Waals surface area contributed by atoms with Gasteiger partial charge in [-0.25, -0.2) is 17.1 Å². The molecule has 0 aromatic heterocycles. The number of benzene rings is 2. The van der Waals surface area contributed by atoms with E-state index in [-0.39, 0.29) is 35.4 Å². The predicted octanol–water partition coefficient (Wildman–Crippen LogP) is 3.11. The number of nitrogens with zero attached hydrogens (tertiary/aromatic N) is 2. The van der Waals surface area contributed by atoms with Crippen molar-refractivity contribution >= 4 is 15.9 Å². The van der Waals surface area contributed by atoms with Crippen molar-refractivity contribution in [3.05, 3.63) is 71.5 Å². The monoisotopic (exact) mass is 416 g/mol. The Bertz CT molecular complexity index is 979. The summed E-state index contributed by atoms with van der Waals surface area (Å²) in [7, 11) is -3.29. The second-order valence-electron chi connectivity index (χ2n) is 7.76. The number of likely N-dealkylation sites (tertiary alicyclic amines) is 1. The molecule has 0 saturated carbocycles. The van der Waals surface area contributed by atoms with Gasteiger partial charge in [-0.05, 0) is 43.2 Å². The summed E-state index contributed by atoms with van der Waals surface area (Å²) in [6, 6.07) is 15.5. The van der Waals surface area contributed by atoms with Crippen LogP contribution in [0.15, 0.2) is 54.6 Å². The molecular formula is C22H25FN2O3S. The van der Waals surface area contributed by atoms with Crippen molar-refractivity contribution < 1.29 is 17.6 Å². The van der Waals surface area contributed by atoms with Crippen molar-refractivity contribution in [1.29, 1.82) is 0 Å².